The number of amides is 1. The van der Waals surface area contributed by atoms with Gasteiger partial charge in [0.25, 0.3) is 0 Å². The van der Waals surface area contributed by atoms with E-state index in [0.29, 0.717) is 6.54 Å². The molecule has 0 saturated carbocycles. The van der Waals surface area contributed by atoms with Gasteiger partial charge in [0.15, 0.2) is 0 Å². The Bertz CT molecular complexity index is 667. The molecule has 1 N–H and O–H groups in total. The summed E-state index contributed by atoms with van der Waals surface area (Å²) in [6, 6.07) is 9.98. The highest BCUT2D eigenvalue weighted by Crippen LogP contribution is 2.27. The molecule has 0 atom stereocenters. The number of rotatable bonds is 8. The third-order valence-electron chi connectivity index (χ3n) is 3.31. The minimum atomic E-state index is 0.00774. The number of nitrogens with zero attached hydrogens (tertiary/aromatic N) is 1. The lowest BCUT2D eigenvalue weighted by Gasteiger charge is -2.17. The number of thioether (sulfide) groups is 1. The SMILES string of the molecule is C=CCSc1ccccc1NC(=O)CN(C)Cc1sccc1C. The van der Waals surface area contributed by atoms with Crippen molar-refractivity contribution in [2.75, 3.05) is 24.7 Å². The summed E-state index contributed by atoms with van der Waals surface area (Å²) in [6.07, 6.45) is 1.86. The van der Waals surface area contributed by atoms with Gasteiger partial charge in [0, 0.05) is 22.1 Å². The normalized spacial score (nSPS) is 10.7. The molecule has 0 aliphatic rings. The first kappa shape index (κ1) is 17.8. The van der Waals surface area contributed by atoms with Crippen LogP contribution in [-0.2, 0) is 11.3 Å². The van der Waals surface area contributed by atoms with Crippen LogP contribution in [0.25, 0.3) is 0 Å². The van der Waals surface area contributed by atoms with Crippen molar-refractivity contribution in [2.24, 2.45) is 0 Å². The van der Waals surface area contributed by atoms with Crippen LogP contribution in [0, 0.1) is 6.92 Å². The number of aryl methyl sites for hydroxylation is 1. The zero-order chi connectivity index (χ0) is 16.7. The number of hydrogen-bond acceptors (Lipinski definition) is 4. The number of likely N-dealkylation sites (N-methyl/N-ethyl adjacent to an activating group) is 1. The van der Waals surface area contributed by atoms with Gasteiger partial charge >= 0.3 is 0 Å². The number of carbonyl (C=O) groups is 1. The van der Waals surface area contributed by atoms with Crippen molar-refractivity contribution in [2.45, 2.75) is 18.4 Å². The predicted octanol–water partition coefficient (Wildman–Crippen LogP) is 4.41. The fourth-order valence-electron chi connectivity index (χ4n) is 2.15. The van der Waals surface area contributed by atoms with E-state index in [2.05, 4.69) is 30.3 Å². The summed E-state index contributed by atoms with van der Waals surface area (Å²) in [7, 11) is 1.97. The molecule has 2 aromatic rings. The third-order valence-corrected chi connectivity index (χ3v) is 5.39. The van der Waals surface area contributed by atoms with Crippen LogP contribution in [-0.4, -0.2) is 30.2 Å². The first-order valence-electron chi connectivity index (χ1n) is 7.44. The predicted molar refractivity (Wildman–Crippen MR) is 101 cm³/mol. The van der Waals surface area contributed by atoms with E-state index in [4.69, 9.17) is 0 Å². The van der Waals surface area contributed by atoms with Gasteiger partial charge in [-0.2, -0.15) is 0 Å². The van der Waals surface area contributed by atoms with Crippen LogP contribution in [0.5, 0.6) is 0 Å². The minimum absolute atomic E-state index is 0.00774. The maximum Gasteiger partial charge on any atom is 0.238 e. The molecule has 0 saturated heterocycles. The lowest BCUT2D eigenvalue weighted by Crippen LogP contribution is -2.29. The number of carbonyl (C=O) groups excluding carboxylic acids is 1. The number of thiophene rings is 1. The highest BCUT2D eigenvalue weighted by atomic mass is 32.2. The summed E-state index contributed by atoms with van der Waals surface area (Å²) in [6.45, 7) is 7.01. The number of nitrogens with one attached hydrogen (secondary N) is 1. The largest absolute Gasteiger partial charge is 0.324 e. The van der Waals surface area contributed by atoms with Crippen molar-refractivity contribution in [3.05, 3.63) is 58.8 Å². The molecule has 0 bridgehead atoms. The molecule has 0 radical (unpaired) electrons. The van der Waals surface area contributed by atoms with Crippen molar-refractivity contribution in [3.8, 4) is 0 Å². The Labute approximate surface area is 146 Å². The molecule has 2 rings (SSSR count). The number of anilines is 1. The molecular weight excluding hydrogens is 324 g/mol. The van der Waals surface area contributed by atoms with Gasteiger partial charge in [0.2, 0.25) is 5.91 Å². The zero-order valence-electron chi connectivity index (χ0n) is 13.5. The van der Waals surface area contributed by atoms with Crippen LogP contribution in [0.4, 0.5) is 5.69 Å². The maximum atomic E-state index is 12.3. The molecule has 1 aromatic carbocycles. The fourth-order valence-corrected chi connectivity index (χ4v) is 3.88. The lowest BCUT2D eigenvalue weighted by molar-refractivity contribution is -0.117. The molecular formula is C18H22N2OS2. The van der Waals surface area contributed by atoms with Crippen LogP contribution >= 0.6 is 23.1 Å². The lowest BCUT2D eigenvalue weighted by atomic mass is 10.3. The monoisotopic (exact) mass is 346 g/mol. The Hall–Kier alpha value is -1.56. The second kappa shape index (κ2) is 8.91. The van der Waals surface area contributed by atoms with Crippen molar-refractivity contribution >= 4 is 34.7 Å². The molecule has 0 aliphatic heterocycles. The summed E-state index contributed by atoms with van der Waals surface area (Å²) in [5.41, 5.74) is 2.15. The van der Waals surface area contributed by atoms with E-state index in [1.54, 1.807) is 23.1 Å². The maximum absolute atomic E-state index is 12.3. The van der Waals surface area contributed by atoms with Crippen LogP contribution in [0.15, 0.2) is 53.3 Å². The summed E-state index contributed by atoms with van der Waals surface area (Å²) in [5.74, 6) is 0.832. The summed E-state index contributed by atoms with van der Waals surface area (Å²) in [5, 5.41) is 5.10. The smallest absolute Gasteiger partial charge is 0.238 e. The van der Waals surface area contributed by atoms with Gasteiger partial charge in [-0.25, -0.2) is 0 Å². The Morgan fingerprint density at radius 1 is 1.39 bits per heavy atom. The number of hydrogen-bond donors (Lipinski definition) is 1. The Morgan fingerprint density at radius 2 is 2.17 bits per heavy atom. The van der Waals surface area contributed by atoms with E-state index in [0.717, 1.165) is 22.9 Å². The van der Waals surface area contributed by atoms with Crippen molar-refractivity contribution < 1.29 is 4.79 Å². The highest BCUT2D eigenvalue weighted by molar-refractivity contribution is 7.99. The van der Waals surface area contributed by atoms with Crippen LogP contribution in [0.3, 0.4) is 0 Å². The zero-order valence-corrected chi connectivity index (χ0v) is 15.2. The molecule has 0 spiro atoms. The third kappa shape index (κ3) is 5.53. The second-order valence-corrected chi connectivity index (χ2v) is 7.41. The van der Waals surface area contributed by atoms with E-state index >= 15 is 0 Å². The van der Waals surface area contributed by atoms with Crippen molar-refractivity contribution in [1.82, 2.24) is 4.90 Å². The average molecular weight is 347 g/mol. The first-order chi connectivity index (χ1) is 11.1. The van der Waals surface area contributed by atoms with Crippen LogP contribution in [0.2, 0.25) is 0 Å². The first-order valence-corrected chi connectivity index (χ1v) is 9.30. The molecule has 1 amide bonds. The summed E-state index contributed by atoms with van der Waals surface area (Å²) >= 11 is 3.40. The van der Waals surface area contributed by atoms with Gasteiger partial charge in [-0.3, -0.25) is 9.69 Å². The molecule has 0 aliphatic carbocycles. The number of benzene rings is 1. The molecule has 3 nitrogen and oxygen atoms in total. The van der Waals surface area contributed by atoms with Crippen molar-refractivity contribution in [1.29, 1.82) is 0 Å². The van der Waals surface area contributed by atoms with Gasteiger partial charge in [-0.15, -0.1) is 29.7 Å². The molecule has 1 heterocycles. The molecule has 0 unspecified atom stereocenters. The van der Waals surface area contributed by atoms with E-state index in [9.17, 15) is 4.79 Å². The van der Waals surface area contributed by atoms with E-state index in [-0.39, 0.29) is 5.91 Å². The summed E-state index contributed by atoms with van der Waals surface area (Å²) in [4.78, 5) is 16.7. The number of para-hydroxylation sites is 1. The quantitative estimate of drug-likeness (QED) is 0.568. The molecule has 122 valence electrons. The van der Waals surface area contributed by atoms with Gasteiger partial charge < -0.3 is 5.32 Å². The van der Waals surface area contributed by atoms with E-state index in [1.807, 2.05) is 42.3 Å². The Balaban J connectivity index is 1.91. The van der Waals surface area contributed by atoms with E-state index < -0.39 is 0 Å². The summed E-state index contributed by atoms with van der Waals surface area (Å²) < 4.78 is 0. The topological polar surface area (TPSA) is 32.3 Å². The Kier molecular flexibility index (Phi) is 6.89. The molecule has 0 fully saturated rings. The van der Waals surface area contributed by atoms with Gasteiger partial charge in [-0.05, 0) is 43.1 Å². The highest BCUT2D eigenvalue weighted by Gasteiger charge is 2.11. The van der Waals surface area contributed by atoms with E-state index in [1.165, 1.54) is 10.4 Å². The average Bonchev–Trinajstić information content (AvgIpc) is 2.91. The van der Waals surface area contributed by atoms with Gasteiger partial charge in [0.05, 0.1) is 12.2 Å². The van der Waals surface area contributed by atoms with Crippen LogP contribution < -0.4 is 5.32 Å². The van der Waals surface area contributed by atoms with Gasteiger partial charge in [-0.1, -0.05) is 18.2 Å². The molecule has 5 heteroatoms. The molecule has 23 heavy (non-hydrogen) atoms. The fraction of sp³-hybridized carbons (Fsp3) is 0.278. The Morgan fingerprint density at radius 3 is 2.87 bits per heavy atom. The van der Waals surface area contributed by atoms with Crippen molar-refractivity contribution in [3.63, 3.8) is 0 Å². The minimum Gasteiger partial charge on any atom is -0.324 e. The standard InChI is InChI=1S/C18H22N2OS2/c1-4-10-22-16-8-6-5-7-15(16)19-18(21)13-20(3)12-17-14(2)9-11-23-17/h4-9,11H,1,10,12-13H2,2-3H3,(H,19,21). The second-order valence-electron chi connectivity index (χ2n) is 5.34. The molecule has 1 aromatic heterocycles. The van der Waals surface area contributed by atoms with Crippen LogP contribution in [0.1, 0.15) is 10.4 Å². The van der Waals surface area contributed by atoms with Gasteiger partial charge in [0.1, 0.15) is 0 Å².